The Hall–Kier alpha value is 0.800. The maximum absolute atomic E-state index is 10.6. The van der Waals surface area contributed by atoms with Crippen LogP contribution in [0.4, 0.5) is 0 Å². The van der Waals surface area contributed by atoms with Crippen molar-refractivity contribution in [1.29, 1.82) is 0 Å². The fraction of sp³-hybridized carbons (Fsp3) is 0.125. The Kier molecular flexibility index (Phi) is 9.66. The average molecular weight is 244 g/mol. The van der Waals surface area contributed by atoms with Crippen molar-refractivity contribution in [1.82, 2.24) is 0 Å². The Balaban J connectivity index is 0. The fourth-order valence-corrected chi connectivity index (χ4v) is 1.46. The molecule has 0 heterocycles. The summed E-state index contributed by atoms with van der Waals surface area (Å²) in [4.78, 5) is 10.4. The van der Waals surface area contributed by atoms with Crippen LogP contribution in [0.3, 0.4) is 0 Å². The van der Waals surface area contributed by atoms with Crippen LogP contribution in [0.25, 0.3) is 0 Å². The molecule has 0 bridgehead atoms. The van der Waals surface area contributed by atoms with Crippen LogP contribution in [0.5, 0.6) is 0 Å². The van der Waals surface area contributed by atoms with Gasteiger partial charge in [-0.25, -0.2) is 0 Å². The minimum absolute atomic E-state index is 0. The molecule has 1 atom stereocenters. The summed E-state index contributed by atoms with van der Waals surface area (Å²) in [5, 5.41) is 10.4. The monoisotopic (exact) mass is 244 g/mol. The van der Waals surface area contributed by atoms with Crippen LogP contribution in [-0.2, 0) is 11.1 Å². The zero-order chi connectivity index (χ0) is 10.0. The Bertz CT molecular complexity index is 381. The van der Waals surface area contributed by atoms with Crippen LogP contribution in [0.2, 0.25) is 0 Å². The summed E-state index contributed by atoms with van der Waals surface area (Å²) >= 11 is -2.41. The Morgan fingerprint density at radius 2 is 1.87 bits per heavy atom. The molecular weight excluding hydrogens is 238 g/mol. The fourth-order valence-electron chi connectivity index (χ4n) is 0.907. The smallest absolute Gasteiger partial charge is 0.768 e. The van der Waals surface area contributed by atoms with Crippen molar-refractivity contribution >= 4 is 17.0 Å². The van der Waals surface area contributed by atoms with E-state index < -0.39 is 17.0 Å². The molecule has 0 spiro atoms. The molecule has 1 rings (SSSR count). The second kappa shape index (κ2) is 7.97. The molecule has 0 radical (unpaired) electrons. The number of aromatic carboxylic acids is 1. The summed E-state index contributed by atoms with van der Waals surface area (Å²) < 4.78 is 21.2. The number of aryl methyl sites for hydroxylation is 1. The van der Waals surface area contributed by atoms with Gasteiger partial charge in [-0.15, -0.1) is 0 Å². The molecule has 0 saturated carbocycles. The molecule has 0 aliphatic carbocycles. The quantitative estimate of drug-likeness (QED) is 0.383. The van der Waals surface area contributed by atoms with Crippen molar-refractivity contribution < 1.29 is 77.8 Å². The summed E-state index contributed by atoms with van der Waals surface area (Å²) in [6.07, 6.45) is 0. The molecule has 1 unspecified atom stereocenters. The predicted molar refractivity (Wildman–Crippen MR) is 42.7 cm³/mol. The molecule has 0 fully saturated rings. The van der Waals surface area contributed by atoms with E-state index in [-0.39, 0.29) is 69.6 Å². The van der Waals surface area contributed by atoms with Crippen LogP contribution in [0.15, 0.2) is 23.1 Å². The van der Waals surface area contributed by atoms with Crippen molar-refractivity contribution in [3.63, 3.8) is 0 Å². The van der Waals surface area contributed by atoms with Gasteiger partial charge in [0.1, 0.15) is 0 Å². The molecule has 0 aliphatic rings. The molecule has 1 aromatic carbocycles. The second-order valence-corrected chi connectivity index (χ2v) is 3.41. The molecule has 0 saturated heterocycles. The minimum Gasteiger partial charge on any atom is -0.768 e. The van der Waals surface area contributed by atoms with Gasteiger partial charge in [-0.1, -0.05) is 12.1 Å². The summed E-state index contributed by atoms with van der Waals surface area (Å²) in [6, 6.07) is 3.81. The van der Waals surface area contributed by atoms with Gasteiger partial charge in [0.25, 0.3) is 0 Å². The van der Waals surface area contributed by atoms with Crippen LogP contribution in [0.1, 0.15) is 15.9 Å². The zero-order valence-corrected chi connectivity index (χ0v) is 13.6. The van der Waals surface area contributed by atoms with Gasteiger partial charge in [-0.05, 0) is 35.2 Å². The van der Waals surface area contributed by atoms with E-state index in [1.807, 2.05) is 0 Å². The summed E-state index contributed by atoms with van der Waals surface area (Å²) in [7, 11) is 0. The molecule has 1 aromatic rings. The molecule has 15 heavy (non-hydrogen) atoms. The van der Waals surface area contributed by atoms with Gasteiger partial charge in [-0.3, -0.25) is 4.21 Å². The van der Waals surface area contributed by atoms with E-state index in [2.05, 4.69) is 0 Å². The first kappa shape index (κ1) is 18.2. The summed E-state index contributed by atoms with van der Waals surface area (Å²) in [5.74, 6) is -1.38. The number of benzene rings is 1. The molecule has 0 aromatic heterocycles. The molecular formula is C8H6Na2O4S. The number of rotatable bonds is 2. The molecule has 4 nitrogen and oxygen atoms in total. The Morgan fingerprint density at radius 3 is 2.27 bits per heavy atom. The number of hydrogen-bond donors (Lipinski definition) is 0. The van der Waals surface area contributed by atoms with Gasteiger partial charge in [0.2, 0.25) is 0 Å². The maximum atomic E-state index is 10.6. The van der Waals surface area contributed by atoms with Gasteiger partial charge < -0.3 is 14.5 Å². The predicted octanol–water partition coefficient (Wildman–Crippen LogP) is -6.40. The summed E-state index contributed by atoms with van der Waals surface area (Å²) in [6.45, 7) is 1.59. The molecule has 0 N–H and O–H groups in total. The molecule has 7 heteroatoms. The van der Waals surface area contributed by atoms with E-state index >= 15 is 0 Å². The molecule has 0 amide bonds. The van der Waals surface area contributed by atoms with E-state index in [4.69, 9.17) is 0 Å². The SMILES string of the molecule is Cc1ccc(C(=O)[O-])cc1S(=O)[O-].[Na+].[Na+]. The van der Waals surface area contributed by atoms with E-state index in [0.29, 0.717) is 5.56 Å². The first-order valence-electron chi connectivity index (χ1n) is 3.43. The van der Waals surface area contributed by atoms with Crippen LogP contribution >= 0.6 is 0 Å². The number of carbonyl (C=O) groups is 1. The van der Waals surface area contributed by atoms with E-state index in [1.54, 1.807) is 6.92 Å². The van der Waals surface area contributed by atoms with Crippen LogP contribution in [-0.4, -0.2) is 14.7 Å². The van der Waals surface area contributed by atoms with Crippen LogP contribution < -0.4 is 64.2 Å². The number of carboxylic acids is 1. The normalized spacial score (nSPS) is 10.8. The largest absolute Gasteiger partial charge is 1.00 e. The summed E-state index contributed by atoms with van der Waals surface area (Å²) in [5.41, 5.74) is 0.378. The Morgan fingerprint density at radius 1 is 1.33 bits per heavy atom. The third-order valence-electron chi connectivity index (χ3n) is 1.60. The van der Waals surface area contributed by atoms with Gasteiger partial charge in [0.05, 0.1) is 5.97 Å². The molecule has 70 valence electrons. The number of hydrogen-bond acceptors (Lipinski definition) is 4. The van der Waals surface area contributed by atoms with Gasteiger partial charge >= 0.3 is 59.1 Å². The topological polar surface area (TPSA) is 80.3 Å². The maximum Gasteiger partial charge on any atom is 1.00 e. The van der Waals surface area contributed by atoms with E-state index in [0.717, 1.165) is 6.07 Å². The van der Waals surface area contributed by atoms with E-state index in [9.17, 15) is 18.7 Å². The Labute approximate surface area is 134 Å². The van der Waals surface area contributed by atoms with Gasteiger partial charge in [0.15, 0.2) is 0 Å². The average Bonchev–Trinajstić information content (AvgIpc) is 2.04. The third kappa shape index (κ3) is 5.10. The second-order valence-electron chi connectivity index (χ2n) is 2.50. The van der Waals surface area contributed by atoms with E-state index in [1.165, 1.54) is 12.1 Å². The van der Waals surface area contributed by atoms with Crippen molar-refractivity contribution in [3.05, 3.63) is 29.3 Å². The zero-order valence-electron chi connectivity index (χ0n) is 8.77. The van der Waals surface area contributed by atoms with Crippen molar-refractivity contribution in [2.75, 3.05) is 0 Å². The van der Waals surface area contributed by atoms with Gasteiger partial charge in [0, 0.05) is 4.90 Å². The molecule has 0 aliphatic heterocycles. The van der Waals surface area contributed by atoms with Crippen molar-refractivity contribution in [2.45, 2.75) is 11.8 Å². The first-order chi connectivity index (χ1) is 6.02. The van der Waals surface area contributed by atoms with Crippen molar-refractivity contribution in [2.24, 2.45) is 0 Å². The number of carboxylic acid groups (broad SMARTS) is 1. The third-order valence-corrected chi connectivity index (χ3v) is 2.40. The minimum atomic E-state index is -2.41. The first-order valence-corrected chi connectivity index (χ1v) is 4.51. The number of carbonyl (C=O) groups excluding carboxylic acids is 1. The van der Waals surface area contributed by atoms with Gasteiger partial charge in [-0.2, -0.15) is 0 Å². The van der Waals surface area contributed by atoms with Crippen LogP contribution in [0, 0.1) is 6.92 Å². The van der Waals surface area contributed by atoms with Crippen molar-refractivity contribution in [3.8, 4) is 0 Å². The standard InChI is InChI=1S/C8H8O4S.2Na/c1-5-2-3-6(8(9)10)4-7(5)13(11)12;;/h2-4H,1H3,(H,9,10)(H,11,12);;/q;2*+1/p-2.